The Hall–Kier alpha value is -1.72. The van der Waals surface area contributed by atoms with Crippen LogP contribution in [0, 0.1) is 5.41 Å². The number of amides is 2. The Morgan fingerprint density at radius 1 is 1.12 bits per heavy atom. The van der Waals surface area contributed by atoms with Gasteiger partial charge in [0.05, 0.1) is 0 Å². The Balaban J connectivity index is 1.96. The van der Waals surface area contributed by atoms with Crippen LogP contribution in [0.5, 0.6) is 0 Å². The predicted molar refractivity (Wildman–Crippen MR) is 93.3 cm³/mol. The maximum atomic E-state index is 13.1. The maximum absolute atomic E-state index is 13.1. The van der Waals surface area contributed by atoms with E-state index in [1.807, 2.05) is 6.08 Å². The molecule has 1 aliphatic carbocycles. The molecule has 0 aromatic rings. The number of hydrogen-bond acceptors (Lipinski definition) is 2. The molecule has 140 valence electrons. The minimum atomic E-state index is -3.36. The van der Waals surface area contributed by atoms with E-state index in [0.29, 0.717) is 6.92 Å². The van der Waals surface area contributed by atoms with Crippen LogP contribution in [0.15, 0.2) is 23.3 Å². The number of hydrogen-bond donors (Lipinski definition) is 0. The fraction of sp³-hybridized carbons (Fsp3) is 0.684. The molecule has 25 heavy (non-hydrogen) atoms. The second kappa shape index (κ2) is 7.26. The molecule has 0 unspecified atom stereocenters. The van der Waals surface area contributed by atoms with Crippen LogP contribution in [-0.2, 0) is 9.59 Å². The molecule has 0 N–H and O–H groups in total. The van der Waals surface area contributed by atoms with Gasteiger partial charge in [-0.15, -0.1) is 0 Å². The van der Waals surface area contributed by atoms with Crippen LogP contribution >= 0.6 is 0 Å². The molecule has 2 aliphatic rings. The molecule has 0 bridgehead atoms. The molecular formula is C19H28F2N2O2. The average molecular weight is 354 g/mol. The zero-order valence-electron chi connectivity index (χ0n) is 15.6. The molecule has 4 nitrogen and oxygen atoms in total. The summed E-state index contributed by atoms with van der Waals surface area (Å²) in [6.07, 6.45) is 6.82. The van der Waals surface area contributed by atoms with E-state index in [-0.39, 0.29) is 37.5 Å². The van der Waals surface area contributed by atoms with E-state index in [0.717, 1.165) is 17.7 Å². The molecule has 0 spiro atoms. The molecule has 0 aromatic carbocycles. The summed E-state index contributed by atoms with van der Waals surface area (Å²) in [4.78, 5) is 26.7. The Bertz CT molecular complexity index is 595. The van der Waals surface area contributed by atoms with Crippen LogP contribution in [0.4, 0.5) is 8.78 Å². The van der Waals surface area contributed by atoms with Crippen LogP contribution in [0.25, 0.3) is 0 Å². The lowest BCUT2D eigenvalue weighted by molar-refractivity contribution is -0.157. The maximum Gasteiger partial charge on any atom is 0.322 e. The van der Waals surface area contributed by atoms with Crippen molar-refractivity contribution in [3.05, 3.63) is 23.3 Å². The number of piperazine rings is 1. The molecule has 0 saturated carbocycles. The molecule has 6 heteroatoms. The molecule has 0 radical (unpaired) electrons. The molecule has 1 saturated heterocycles. The minimum absolute atomic E-state index is 0.0664. The highest BCUT2D eigenvalue weighted by molar-refractivity contribution is 5.88. The van der Waals surface area contributed by atoms with Crippen molar-refractivity contribution >= 4 is 11.8 Å². The largest absolute Gasteiger partial charge is 0.336 e. The lowest BCUT2D eigenvalue weighted by Crippen LogP contribution is -2.53. The number of halogens is 2. The number of rotatable bonds is 3. The first-order valence-corrected chi connectivity index (χ1v) is 8.87. The third kappa shape index (κ3) is 4.67. The smallest absolute Gasteiger partial charge is 0.322 e. The molecule has 1 aliphatic heterocycles. The minimum Gasteiger partial charge on any atom is -0.336 e. The highest BCUT2D eigenvalue weighted by atomic mass is 19.3. The summed E-state index contributed by atoms with van der Waals surface area (Å²) in [5.41, 5.74) is 2.60. The normalized spacial score (nSPS) is 21.8. The molecule has 0 aromatic heterocycles. The number of carbonyl (C=O) groups is 2. The van der Waals surface area contributed by atoms with Crippen molar-refractivity contribution in [2.45, 2.75) is 52.9 Å². The van der Waals surface area contributed by atoms with Crippen molar-refractivity contribution in [1.29, 1.82) is 0 Å². The van der Waals surface area contributed by atoms with Gasteiger partial charge in [-0.25, -0.2) is 0 Å². The van der Waals surface area contributed by atoms with E-state index in [9.17, 15) is 18.4 Å². The van der Waals surface area contributed by atoms with Gasteiger partial charge in [0.25, 0.3) is 5.91 Å². The number of carbonyl (C=O) groups excluding carboxylic acids is 2. The fourth-order valence-electron chi connectivity index (χ4n) is 3.68. The van der Waals surface area contributed by atoms with E-state index in [1.165, 1.54) is 17.6 Å². The molecule has 1 fully saturated rings. The van der Waals surface area contributed by atoms with Crippen LogP contribution in [0.1, 0.15) is 47.0 Å². The molecular weight excluding hydrogens is 326 g/mol. The van der Waals surface area contributed by atoms with E-state index < -0.39 is 11.8 Å². The van der Waals surface area contributed by atoms with Gasteiger partial charge in [-0.3, -0.25) is 9.59 Å². The summed E-state index contributed by atoms with van der Waals surface area (Å²) in [7, 11) is 0. The van der Waals surface area contributed by atoms with Gasteiger partial charge in [0.15, 0.2) is 0 Å². The second-order valence-electron chi connectivity index (χ2n) is 7.77. The van der Waals surface area contributed by atoms with E-state index in [4.69, 9.17) is 0 Å². The second-order valence-corrected chi connectivity index (χ2v) is 7.77. The quantitative estimate of drug-likeness (QED) is 0.729. The van der Waals surface area contributed by atoms with Crippen molar-refractivity contribution in [2.75, 3.05) is 26.2 Å². The van der Waals surface area contributed by atoms with E-state index in [1.54, 1.807) is 11.0 Å². The first-order valence-electron chi connectivity index (χ1n) is 8.87. The Morgan fingerprint density at radius 2 is 1.68 bits per heavy atom. The fourth-order valence-corrected chi connectivity index (χ4v) is 3.68. The van der Waals surface area contributed by atoms with Gasteiger partial charge in [-0.1, -0.05) is 25.5 Å². The third-order valence-corrected chi connectivity index (χ3v) is 5.19. The van der Waals surface area contributed by atoms with Gasteiger partial charge < -0.3 is 9.80 Å². The van der Waals surface area contributed by atoms with Crippen molar-refractivity contribution < 1.29 is 18.4 Å². The highest BCUT2D eigenvalue weighted by Gasteiger charge is 2.38. The van der Waals surface area contributed by atoms with Crippen LogP contribution in [0.2, 0.25) is 0 Å². The van der Waals surface area contributed by atoms with E-state index >= 15 is 0 Å². The Morgan fingerprint density at radius 3 is 2.20 bits per heavy atom. The van der Waals surface area contributed by atoms with Crippen molar-refractivity contribution in [3.63, 3.8) is 0 Å². The Labute approximate surface area is 148 Å². The first-order chi connectivity index (χ1) is 11.5. The highest BCUT2D eigenvalue weighted by Crippen LogP contribution is 2.40. The molecule has 2 rings (SSSR count). The summed E-state index contributed by atoms with van der Waals surface area (Å²) >= 11 is 0. The first kappa shape index (κ1) is 19.6. The van der Waals surface area contributed by atoms with E-state index in [2.05, 4.69) is 20.8 Å². The standard InChI is InChI=1S/C19H28F2N2O2/c1-14-6-5-9-18(2,3)15(14)7-8-16(24)22-10-12-23(13-11-22)17(25)19(4,20)21/h7-8H,5-6,9-13H2,1-4H3/b8-7+. The number of nitrogens with zero attached hydrogens (tertiary/aromatic N) is 2. The zero-order valence-corrected chi connectivity index (χ0v) is 15.6. The Kier molecular flexibility index (Phi) is 5.69. The summed E-state index contributed by atoms with van der Waals surface area (Å²) < 4.78 is 26.2. The van der Waals surface area contributed by atoms with Crippen LogP contribution < -0.4 is 0 Å². The summed E-state index contributed by atoms with van der Waals surface area (Å²) in [6, 6.07) is 0. The number of alkyl halides is 2. The topological polar surface area (TPSA) is 40.6 Å². The van der Waals surface area contributed by atoms with Crippen molar-refractivity contribution in [2.24, 2.45) is 5.41 Å². The SMILES string of the molecule is CC1=C(/C=C/C(=O)N2CCN(C(=O)C(C)(F)F)CC2)C(C)(C)CCC1. The summed E-state index contributed by atoms with van der Waals surface area (Å²) in [5, 5.41) is 0. The van der Waals surface area contributed by atoms with Crippen LogP contribution in [0.3, 0.4) is 0 Å². The third-order valence-electron chi connectivity index (χ3n) is 5.19. The van der Waals surface area contributed by atoms with Gasteiger partial charge in [0.2, 0.25) is 5.91 Å². The number of allylic oxidation sites excluding steroid dienone is 3. The lowest BCUT2D eigenvalue weighted by atomic mass is 9.72. The summed E-state index contributed by atoms with van der Waals surface area (Å²) in [6.45, 7) is 7.96. The predicted octanol–water partition coefficient (Wildman–Crippen LogP) is 3.40. The average Bonchev–Trinajstić information content (AvgIpc) is 2.52. The molecule has 1 heterocycles. The monoisotopic (exact) mass is 354 g/mol. The van der Waals surface area contributed by atoms with Crippen LogP contribution in [-0.4, -0.2) is 53.7 Å². The molecule has 2 amide bonds. The lowest BCUT2D eigenvalue weighted by Gasteiger charge is -2.35. The van der Waals surface area contributed by atoms with Gasteiger partial charge in [0.1, 0.15) is 0 Å². The van der Waals surface area contributed by atoms with Crippen molar-refractivity contribution in [3.8, 4) is 0 Å². The van der Waals surface area contributed by atoms with Gasteiger partial charge in [-0.2, -0.15) is 8.78 Å². The zero-order chi connectivity index (χ0) is 18.8. The summed E-state index contributed by atoms with van der Waals surface area (Å²) in [5.74, 6) is -4.65. The molecule has 0 atom stereocenters. The van der Waals surface area contributed by atoms with Gasteiger partial charge in [0, 0.05) is 39.2 Å². The van der Waals surface area contributed by atoms with Crippen molar-refractivity contribution in [1.82, 2.24) is 9.80 Å². The van der Waals surface area contributed by atoms with Gasteiger partial charge in [-0.05, 0) is 37.2 Å². The van der Waals surface area contributed by atoms with Gasteiger partial charge >= 0.3 is 5.92 Å².